The van der Waals surface area contributed by atoms with Gasteiger partial charge in [0.05, 0.1) is 28.7 Å². The van der Waals surface area contributed by atoms with Crippen LogP contribution in [0.5, 0.6) is 0 Å². The van der Waals surface area contributed by atoms with Gasteiger partial charge in [-0.2, -0.15) is 13.2 Å². The average Bonchev–Trinajstić information content (AvgIpc) is 3.23. The van der Waals surface area contributed by atoms with Gasteiger partial charge in [-0.05, 0) is 35.9 Å². The lowest BCUT2D eigenvalue weighted by Crippen LogP contribution is -2.40. The molecule has 0 atom stereocenters. The van der Waals surface area contributed by atoms with Gasteiger partial charge in [0.15, 0.2) is 9.84 Å². The number of thiophene rings is 1. The Morgan fingerprint density at radius 3 is 2.62 bits per heavy atom. The number of sulfone groups is 1. The normalized spacial score (nSPS) is 16.2. The van der Waals surface area contributed by atoms with Crippen LogP contribution in [0.4, 0.5) is 13.2 Å². The summed E-state index contributed by atoms with van der Waals surface area (Å²) in [5.74, 6) is 0. The predicted molar refractivity (Wildman–Crippen MR) is 120 cm³/mol. The third-order valence-electron chi connectivity index (χ3n) is 4.86. The number of benzene rings is 1. The van der Waals surface area contributed by atoms with Gasteiger partial charge in [0.25, 0.3) is 0 Å². The standard InChI is InChI=1S/C21H24F3N3O3S2/c1-32(28,29)16-4-2-3-15(13-16)18-5-6-19(31-18)17(14-20(25)21(22,23)24)26-7-8-27-9-11-30-12-10-27/h2-6,13-14,25-26H,7-12H2,1H3/b17-14-,25-20?. The van der Waals surface area contributed by atoms with E-state index in [0.717, 1.165) is 25.4 Å². The van der Waals surface area contributed by atoms with E-state index in [4.69, 9.17) is 10.1 Å². The molecule has 0 bridgehead atoms. The van der Waals surface area contributed by atoms with E-state index >= 15 is 0 Å². The summed E-state index contributed by atoms with van der Waals surface area (Å²) in [4.78, 5) is 3.56. The van der Waals surface area contributed by atoms with Crippen LogP contribution in [0.3, 0.4) is 0 Å². The molecule has 0 saturated carbocycles. The maximum atomic E-state index is 13.0. The zero-order valence-corrected chi connectivity index (χ0v) is 19.0. The molecule has 2 heterocycles. The first-order valence-electron chi connectivity index (χ1n) is 9.86. The fourth-order valence-corrected chi connectivity index (χ4v) is 4.79. The number of ether oxygens (including phenoxy) is 1. The van der Waals surface area contributed by atoms with Crippen LogP contribution in [0, 0.1) is 5.41 Å². The number of allylic oxidation sites excluding steroid dienone is 1. The second kappa shape index (κ2) is 10.2. The van der Waals surface area contributed by atoms with E-state index in [0.29, 0.717) is 41.6 Å². The van der Waals surface area contributed by atoms with Crippen LogP contribution in [0.25, 0.3) is 16.1 Å². The molecule has 0 radical (unpaired) electrons. The predicted octanol–water partition coefficient (Wildman–Crippen LogP) is 3.66. The molecule has 1 aromatic carbocycles. The third-order valence-corrected chi connectivity index (χ3v) is 7.14. The Morgan fingerprint density at radius 1 is 1.25 bits per heavy atom. The summed E-state index contributed by atoms with van der Waals surface area (Å²) in [7, 11) is -3.38. The Morgan fingerprint density at radius 2 is 1.97 bits per heavy atom. The third kappa shape index (κ3) is 6.64. The Kier molecular flexibility index (Phi) is 7.75. The number of nitrogens with zero attached hydrogens (tertiary/aromatic N) is 1. The van der Waals surface area contributed by atoms with Crippen molar-refractivity contribution in [2.45, 2.75) is 11.1 Å². The average molecular weight is 488 g/mol. The van der Waals surface area contributed by atoms with Crippen molar-refractivity contribution in [3.63, 3.8) is 0 Å². The van der Waals surface area contributed by atoms with Crippen molar-refractivity contribution in [1.29, 1.82) is 5.41 Å². The minimum absolute atomic E-state index is 0.170. The summed E-state index contributed by atoms with van der Waals surface area (Å²) in [6.07, 6.45) is -2.84. The highest BCUT2D eigenvalue weighted by atomic mass is 32.2. The maximum absolute atomic E-state index is 13.0. The van der Waals surface area contributed by atoms with Crippen molar-refractivity contribution < 1.29 is 26.3 Å². The SMILES string of the molecule is CS(=O)(=O)c1cccc(-c2ccc(/C(=C/C(=N)C(F)(F)F)NCCN3CCOCC3)s2)c1. The summed E-state index contributed by atoms with van der Waals surface area (Å²) in [6.45, 7) is 3.82. The smallest absolute Gasteiger partial charge is 0.383 e. The largest absolute Gasteiger partial charge is 0.432 e. The molecule has 2 N–H and O–H groups in total. The molecule has 1 fully saturated rings. The van der Waals surface area contributed by atoms with Crippen molar-refractivity contribution in [3.05, 3.63) is 47.4 Å². The number of rotatable bonds is 8. The minimum atomic E-state index is -4.75. The molecule has 0 aliphatic carbocycles. The molecule has 1 aliphatic heterocycles. The van der Waals surface area contributed by atoms with Crippen molar-refractivity contribution >= 4 is 32.6 Å². The van der Waals surface area contributed by atoms with Gasteiger partial charge in [0.2, 0.25) is 0 Å². The first-order valence-corrected chi connectivity index (χ1v) is 12.6. The van der Waals surface area contributed by atoms with E-state index in [1.807, 2.05) is 0 Å². The molecule has 6 nitrogen and oxygen atoms in total. The lowest BCUT2D eigenvalue weighted by atomic mass is 10.2. The van der Waals surface area contributed by atoms with Crippen molar-refractivity contribution in [2.75, 3.05) is 45.6 Å². The number of hydrogen-bond acceptors (Lipinski definition) is 7. The number of halogens is 3. The molecular formula is C21H24F3N3O3S2. The molecule has 11 heteroatoms. The van der Waals surface area contributed by atoms with E-state index in [1.165, 1.54) is 23.5 Å². The topological polar surface area (TPSA) is 82.5 Å². The lowest BCUT2D eigenvalue weighted by Gasteiger charge is -2.26. The second-order valence-electron chi connectivity index (χ2n) is 7.31. The van der Waals surface area contributed by atoms with E-state index in [9.17, 15) is 21.6 Å². The fourth-order valence-electron chi connectivity index (χ4n) is 3.13. The molecule has 0 unspecified atom stereocenters. The van der Waals surface area contributed by atoms with Crippen LogP contribution in [-0.2, 0) is 14.6 Å². The number of nitrogens with one attached hydrogen (secondary N) is 2. The van der Waals surface area contributed by atoms with Crippen LogP contribution >= 0.6 is 11.3 Å². The van der Waals surface area contributed by atoms with Gasteiger partial charge in [-0.15, -0.1) is 11.3 Å². The Hall–Kier alpha value is -2.21. The van der Waals surface area contributed by atoms with Gasteiger partial charge in [0.1, 0.15) is 5.71 Å². The summed E-state index contributed by atoms with van der Waals surface area (Å²) >= 11 is 1.23. The van der Waals surface area contributed by atoms with E-state index in [2.05, 4.69) is 10.2 Å². The van der Waals surface area contributed by atoms with Crippen LogP contribution < -0.4 is 5.32 Å². The molecule has 0 amide bonds. The maximum Gasteiger partial charge on any atom is 0.432 e. The molecule has 1 saturated heterocycles. The van der Waals surface area contributed by atoms with Crippen LogP contribution in [-0.4, -0.2) is 70.9 Å². The van der Waals surface area contributed by atoms with Crippen molar-refractivity contribution in [3.8, 4) is 10.4 Å². The van der Waals surface area contributed by atoms with Crippen LogP contribution in [0.2, 0.25) is 0 Å². The van der Waals surface area contributed by atoms with Gasteiger partial charge in [-0.25, -0.2) is 8.42 Å². The highest BCUT2D eigenvalue weighted by molar-refractivity contribution is 7.90. The van der Waals surface area contributed by atoms with E-state index in [-0.39, 0.29) is 10.6 Å². The van der Waals surface area contributed by atoms with Gasteiger partial charge >= 0.3 is 6.18 Å². The molecule has 1 aromatic heterocycles. The summed E-state index contributed by atoms with van der Waals surface area (Å²) in [5.41, 5.74) is -0.584. The molecule has 174 valence electrons. The summed E-state index contributed by atoms with van der Waals surface area (Å²) < 4.78 is 67.9. The highest BCUT2D eigenvalue weighted by Gasteiger charge is 2.33. The summed E-state index contributed by atoms with van der Waals surface area (Å²) in [5, 5.41) is 10.4. The van der Waals surface area contributed by atoms with Gasteiger partial charge in [-0.1, -0.05) is 12.1 Å². The molecule has 3 rings (SSSR count). The minimum Gasteiger partial charge on any atom is -0.383 e. The summed E-state index contributed by atoms with van der Waals surface area (Å²) in [6, 6.07) is 9.81. The molecule has 1 aliphatic rings. The zero-order chi connectivity index (χ0) is 23.4. The molecular weight excluding hydrogens is 463 g/mol. The zero-order valence-electron chi connectivity index (χ0n) is 17.4. The van der Waals surface area contributed by atoms with Gasteiger partial charge < -0.3 is 10.1 Å². The quantitative estimate of drug-likeness (QED) is 0.556. The molecule has 32 heavy (non-hydrogen) atoms. The Bertz CT molecular complexity index is 1090. The van der Waals surface area contributed by atoms with Gasteiger partial charge in [0, 0.05) is 37.3 Å². The van der Waals surface area contributed by atoms with Crippen molar-refractivity contribution in [2.24, 2.45) is 0 Å². The fraction of sp³-hybridized carbons (Fsp3) is 0.381. The molecule has 2 aromatic rings. The Labute approximate surface area is 189 Å². The van der Waals surface area contributed by atoms with Crippen molar-refractivity contribution in [1.82, 2.24) is 10.2 Å². The van der Waals surface area contributed by atoms with Gasteiger partial charge in [-0.3, -0.25) is 10.3 Å². The number of alkyl halides is 3. The van der Waals surface area contributed by atoms with E-state index < -0.39 is 21.7 Å². The lowest BCUT2D eigenvalue weighted by molar-refractivity contribution is -0.0584. The first kappa shape index (κ1) is 24.4. The molecule has 0 spiro atoms. The number of morpholine rings is 1. The second-order valence-corrected chi connectivity index (χ2v) is 10.4. The Balaban J connectivity index is 1.83. The highest BCUT2D eigenvalue weighted by Crippen LogP contribution is 2.33. The number of hydrogen-bond donors (Lipinski definition) is 2. The van der Waals surface area contributed by atoms with Crippen LogP contribution in [0.15, 0.2) is 47.4 Å². The van der Waals surface area contributed by atoms with Crippen LogP contribution in [0.1, 0.15) is 4.88 Å². The first-order chi connectivity index (χ1) is 15.0. The monoisotopic (exact) mass is 487 g/mol. The van der Waals surface area contributed by atoms with E-state index in [1.54, 1.807) is 24.3 Å².